The lowest BCUT2D eigenvalue weighted by atomic mass is 11.8. The number of hydrogen-bond donors (Lipinski definition) is 6. The molecule has 0 saturated carbocycles. The van der Waals surface area contributed by atoms with Crippen LogP contribution >= 0.6 is 38.7 Å². The van der Waals surface area contributed by atoms with Gasteiger partial charge in [-0.3, -0.25) is 13.7 Å². The maximum atomic E-state index is 10.6. The van der Waals surface area contributed by atoms with E-state index in [1.807, 2.05) is 0 Å². The third-order valence-electron chi connectivity index (χ3n) is 1.11. The molecule has 0 aliphatic carbocycles. The molecule has 0 fully saturated rings. The van der Waals surface area contributed by atoms with E-state index in [2.05, 4.69) is 0 Å². The average molecular weight is 335 g/mol. The number of hydrogen-bond acceptors (Lipinski definition) is 3. The smallest absolute Gasteiger partial charge is 0.323 e. The number of alkyl halides is 1. The summed E-state index contributed by atoms with van der Waals surface area (Å²) in [5.74, 6) is 0. The minimum Gasteiger partial charge on any atom is -0.323 e. The van der Waals surface area contributed by atoms with Crippen LogP contribution in [0.15, 0.2) is 0 Å². The zero-order valence-corrected chi connectivity index (χ0v) is 10.4. The fourth-order valence-corrected chi connectivity index (χ4v) is 4.58. The highest BCUT2D eigenvalue weighted by Crippen LogP contribution is 2.85. The third-order valence-corrected chi connectivity index (χ3v) is 12.2. The van der Waals surface area contributed by atoms with Crippen molar-refractivity contribution in [3.05, 3.63) is 0 Å². The summed E-state index contributed by atoms with van der Waals surface area (Å²) in [6.07, 6.45) is 0. The number of rotatable bonds is 3. The Morgan fingerprint density at radius 3 is 0.857 bits per heavy atom. The molecule has 0 atom stereocenters. The van der Waals surface area contributed by atoms with E-state index in [1.165, 1.54) is 0 Å². The summed E-state index contributed by atoms with van der Waals surface area (Å²) >= 11 is 1.76. The van der Waals surface area contributed by atoms with Crippen molar-refractivity contribution in [1.29, 1.82) is 0 Å². The SMILES string of the molecule is O=P(O)(O)C(Br)(P(=O)(O)O)P(=O)(O)O. The van der Waals surface area contributed by atoms with E-state index in [0.717, 1.165) is 0 Å². The van der Waals surface area contributed by atoms with Crippen molar-refractivity contribution in [2.75, 3.05) is 0 Å². The summed E-state index contributed by atoms with van der Waals surface area (Å²) in [5, 5.41) is 0. The molecule has 0 amide bonds. The Balaban J connectivity index is 5.95. The third kappa shape index (κ3) is 2.36. The Labute approximate surface area is 85.8 Å². The Hall–Kier alpha value is 0.930. The topological polar surface area (TPSA) is 173 Å². The molecular formula is CH6BrO9P3. The van der Waals surface area contributed by atoms with Gasteiger partial charge in [-0.1, -0.05) is 0 Å². The van der Waals surface area contributed by atoms with Gasteiger partial charge >= 0.3 is 26.3 Å². The van der Waals surface area contributed by atoms with E-state index in [0.29, 0.717) is 0 Å². The van der Waals surface area contributed by atoms with Gasteiger partial charge in [-0.15, -0.1) is 0 Å². The van der Waals surface area contributed by atoms with Crippen LogP contribution in [0.25, 0.3) is 0 Å². The van der Waals surface area contributed by atoms with Crippen LogP contribution in [-0.2, 0) is 13.7 Å². The second-order valence-electron chi connectivity index (χ2n) is 2.19. The molecule has 0 aromatic heterocycles. The molecule has 13 heteroatoms. The summed E-state index contributed by atoms with van der Waals surface area (Å²) in [6, 6.07) is 0. The first kappa shape index (κ1) is 14.9. The molecule has 0 rings (SSSR count). The lowest BCUT2D eigenvalue weighted by molar-refractivity contribution is 0.323. The molecule has 0 aliphatic rings. The molecule has 0 saturated heterocycles. The predicted octanol–water partition coefficient (Wildman–Crippen LogP) is -0.474. The molecule has 0 radical (unpaired) electrons. The second kappa shape index (κ2) is 3.75. The largest absolute Gasteiger partial charge is 0.367 e. The van der Waals surface area contributed by atoms with Gasteiger partial charge in [0, 0.05) is 0 Å². The molecule has 86 valence electrons. The van der Waals surface area contributed by atoms with Crippen molar-refractivity contribution < 1.29 is 43.1 Å². The van der Waals surface area contributed by atoms with E-state index in [1.54, 1.807) is 15.9 Å². The van der Waals surface area contributed by atoms with Gasteiger partial charge in [0.05, 0.1) is 0 Å². The van der Waals surface area contributed by atoms with Gasteiger partial charge in [-0.05, 0) is 15.9 Å². The number of halogens is 1. The summed E-state index contributed by atoms with van der Waals surface area (Å²) in [4.78, 5) is 50.9. The maximum absolute atomic E-state index is 10.6. The lowest BCUT2D eigenvalue weighted by Crippen LogP contribution is -2.21. The highest BCUT2D eigenvalue weighted by atomic mass is 79.9. The summed E-state index contributed by atoms with van der Waals surface area (Å²) < 4.78 is 28.0. The molecule has 6 N–H and O–H groups in total. The van der Waals surface area contributed by atoms with Gasteiger partial charge < -0.3 is 29.4 Å². The normalized spacial score (nSPS) is 15.6. The molecule has 9 nitrogen and oxygen atoms in total. The standard InChI is InChI=1S/CH6BrO9P3/c2-1(12(3,4)5,13(6,7)8)14(9,10)11/h(H2,3,4,5)(H2,6,7,8)(H2,9,10,11). The van der Waals surface area contributed by atoms with Gasteiger partial charge in [0.2, 0.25) is 0 Å². The molecule has 0 heterocycles. The van der Waals surface area contributed by atoms with Crippen LogP contribution in [0.3, 0.4) is 0 Å². The van der Waals surface area contributed by atoms with Crippen LogP contribution < -0.4 is 0 Å². The second-order valence-corrected chi connectivity index (χ2v) is 11.5. The fraction of sp³-hybridized carbons (Fsp3) is 1.00. The monoisotopic (exact) mass is 334 g/mol. The fourth-order valence-electron chi connectivity index (χ4n) is 0.509. The van der Waals surface area contributed by atoms with Gasteiger partial charge in [-0.2, -0.15) is 0 Å². The minimum atomic E-state index is -5.74. The Morgan fingerprint density at radius 1 is 0.714 bits per heavy atom. The Morgan fingerprint density at radius 2 is 0.857 bits per heavy atom. The molecule has 0 bridgehead atoms. The molecule has 14 heavy (non-hydrogen) atoms. The molecule has 0 unspecified atom stereocenters. The van der Waals surface area contributed by atoms with E-state index < -0.39 is 26.3 Å². The molecule has 0 spiro atoms. The van der Waals surface area contributed by atoms with Crippen LogP contribution in [0, 0.1) is 0 Å². The maximum Gasteiger partial charge on any atom is 0.367 e. The predicted molar refractivity (Wildman–Crippen MR) is 47.8 cm³/mol. The van der Waals surface area contributed by atoms with Gasteiger partial charge in [0.15, 0.2) is 0 Å². The summed E-state index contributed by atoms with van der Waals surface area (Å²) in [6.45, 7) is 0. The van der Waals surface area contributed by atoms with Crippen molar-refractivity contribution in [2.24, 2.45) is 0 Å². The van der Waals surface area contributed by atoms with Crippen LogP contribution in [-0.4, -0.2) is 32.9 Å². The van der Waals surface area contributed by atoms with E-state index >= 15 is 0 Å². The van der Waals surface area contributed by atoms with E-state index in [-0.39, 0.29) is 0 Å². The zero-order valence-electron chi connectivity index (χ0n) is 6.13. The van der Waals surface area contributed by atoms with Crippen molar-refractivity contribution in [1.82, 2.24) is 0 Å². The first-order valence-electron chi connectivity index (χ1n) is 2.61. The van der Waals surface area contributed by atoms with Crippen molar-refractivity contribution in [3.8, 4) is 0 Å². The highest BCUT2D eigenvalue weighted by molar-refractivity contribution is 9.13. The molecular weight excluding hydrogens is 329 g/mol. The first-order chi connectivity index (χ1) is 5.75. The average Bonchev–Trinajstić information content (AvgIpc) is 1.77. The van der Waals surface area contributed by atoms with Crippen molar-refractivity contribution >= 4 is 38.7 Å². The molecule has 0 aliphatic heterocycles. The van der Waals surface area contributed by atoms with Crippen molar-refractivity contribution in [2.45, 2.75) is 3.55 Å². The van der Waals surface area contributed by atoms with Gasteiger partial charge in [0.1, 0.15) is 0 Å². The Bertz CT molecular complexity index is 299. The Kier molecular flexibility index (Phi) is 4.00. The van der Waals surface area contributed by atoms with E-state index in [4.69, 9.17) is 29.4 Å². The first-order valence-corrected chi connectivity index (χ1v) is 8.24. The van der Waals surface area contributed by atoms with Crippen LogP contribution in [0.1, 0.15) is 0 Å². The summed E-state index contributed by atoms with van der Waals surface area (Å²) in [7, 11) is -17.2. The molecule has 0 aromatic carbocycles. The molecule has 0 aromatic rings. The van der Waals surface area contributed by atoms with Crippen LogP contribution in [0.2, 0.25) is 0 Å². The van der Waals surface area contributed by atoms with Gasteiger partial charge in [0.25, 0.3) is 0 Å². The highest BCUT2D eigenvalue weighted by Gasteiger charge is 2.70. The van der Waals surface area contributed by atoms with Crippen LogP contribution in [0.4, 0.5) is 0 Å². The quantitative estimate of drug-likeness (QED) is 0.294. The van der Waals surface area contributed by atoms with E-state index in [9.17, 15) is 13.7 Å². The van der Waals surface area contributed by atoms with Crippen molar-refractivity contribution in [3.63, 3.8) is 0 Å². The lowest BCUT2D eigenvalue weighted by Gasteiger charge is -2.28. The van der Waals surface area contributed by atoms with Crippen LogP contribution in [0.5, 0.6) is 0 Å². The minimum absolute atomic E-state index is 1.76. The summed E-state index contributed by atoms with van der Waals surface area (Å²) in [5.41, 5.74) is 0. The zero-order chi connectivity index (χ0) is 12.0. The van der Waals surface area contributed by atoms with Gasteiger partial charge in [-0.25, -0.2) is 0 Å².